The molecule has 2 fully saturated rings. The van der Waals surface area contributed by atoms with Crippen LogP contribution in [0, 0.1) is 16.7 Å². The van der Waals surface area contributed by atoms with Gasteiger partial charge in [-0.2, -0.15) is 0 Å². The second kappa shape index (κ2) is 4.51. The first-order chi connectivity index (χ1) is 9.63. The Balaban J connectivity index is 1.81. The topological polar surface area (TPSA) is 12.0 Å². The third kappa shape index (κ3) is 2.39. The van der Waals surface area contributed by atoms with Crippen molar-refractivity contribution in [2.45, 2.75) is 72.3 Å². The van der Waals surface area contributed by atoms with Gasteiger partial charge in [0.05, 0.1) is 0 Å². The summed E-state index contributed by atoms with van der Waals surface area (Å²) in [5.74, 6) is 0.897. The van der Waals surface area contributed by atoms with Crippen molar-refractivity contribution < 1.29 is 0 Å². The van der Waals surface area contributed by atoms with Crippen LogP contribution in [0.5, 0.6) is 0 Å². The third-order valence-corrected chi connectivity index (χ3v) is 6.33. The molecule has 0 heterocycles. The van der Waals surface area contributed by atoms with Gasteiger partial charge in [0.2, 0.25) is 0 Å². The molecule has 1 heteroatoms. The zero-order valence-electron chi connectivity index (χ0n) is 14.6. The van der Waals surface area contributed by atoms with E-state index in [0.717, 1.165) is 5.92 Å². The second-order valence-corrected chi connectivity index (χ2v) is 9.32. The summed E-state index contributed by atoms with van der Waals surface area (Å²) in [5.41, 5.74) is 3.82. The summed E-state index contributed by atoms with van der Waals surface area (Å²) in [6.07, 6.45) is 4.21. The van der Waals surface area contributed by atoms with Crippen LogP contribution in [-0.2, 0) is 5.41 Å². The van der Waals surface area contributed by atoms with Gasteiger partial charge in [0, 0.05) is 11.7 Å². The molecule has 0 radical (unpaired) electrons. The van der Waals surface area contributed by atoms with Crippen molar-refractivity contribution in [2.75, 3.05) is 5.32 Å². The van der Waals surface area contributed by atoms with E-state index in [1.165, 1.54) is 30.5 Å². The first-order valence-electron chi connectivity index (χ1n) is 8.50. The lowest BCUT2D eigenvalue weighted by atomic mass is 9.68. The number of nitrogens with one attached hydrogen (secondary N) is 1. The monoisotopic (exact) mass is 285 g/mol. The fourth-order valence-corrected chi connectivity index (χ4v) is 4.90. The summed E-state index contributed by atoms with van der Waals surface area (Å²) in [7, 11) is 0. The maximum atomic E-state index is 3.88. The maximum Gasteiger partial charge on any atom is 0.0368 e. The number of benzene rings is 1. The Morgan fingerprint density at radius 1 is 1.05 bits per heavy atom. The SMILES string of the molecule is CC(C)(C)c1ccc(NC2C3(C)CCC(C3)C2(C)C)cc1. The summed E-state index contributed by atoms with van der Waals surface area (Å²) in [6.45, 7) is 14.2. The summed E-state index contributed by atoms with van der Waals surface area (Å²) >= 11 is 0. The average molecular weight is 285 g/mol. The fourth-order valence-electron chi connectivity index (χ4n) is 4.90. The van der Waals surface area contributed by atoms with E-state index in [2.05, 4.69) is 71.1 Å². The minimum absolute atomic E-state index is 0.232. The molecule has 0 spiro atoms. The van der Waals surface area contributed by atoms with Gasteiger partial charge in [0.15, 0.2) is 0 Å². The van der Waals surface area contributed by atoms with Crippen LogP contribution >= 0.6 is 0 Å². The molecule has 1 nitrogen and oxygen atoms in total. The quantitative estimate of drug-likeness (QED) is 0.744. The highest BCUT2D eigenvalue weighted by molar-refractivity contribution is 5.48. The molecular formula is C20H31N. The zero-order chi connectivity index (χ0) is 15.5. The van der Waals surface area contributed by atoms with Crippen LogP contribution in [0.2, 0.25) is 0 Å². The van der Waals surface area contributed by atoms with Crippen LogP contribution in [-0.4, -0.2) is 6.04 Å². The van der Waals surface area contributed by atoms with Crippen molar-refractivity contribution in [3.8, 4) is 0 Å². The normalized spacial score (nSPS) is 34.2. The van der Waals surface area contributed by atoms with E-state index < -0.39 is 0 Å². The van der Waals surface area contributed by atoms with Gasteiger partial charge in [-0.1, -0.05) is 53.7 Å². The number of rotatable bonds is 2. The van der Waals surface area contributed by atoms with Crippen LogP contribution in [0.4, 0.5) is 5.69 Å². The smallest absolute Gasteiger partial charge is 0.0368 e. The lowest BCUT2D eigenvalue weighted by Crippen LogP contribution is -2.45. The summed E-state index contributed by atoms with van der Waals surface area (Å²) in [5, 5.41) is 3.88. The summed E-state index contributed by atoms with van der Waals surface area (Å²) < 4.78 is 0. The number of anilines is 1. The number of fused-ring (bicyclic) bond motifs is 2. The molecule has 1 aromatic carbocycles. The minimum Gasteiger partial charge on any atom is -0.381 e. The first-order valence-corrected chi connectivity index (χ1v) is 8.50. The van der Waals surface area contributed by atoms with Crippen molar-refractivity contribution in [2.24, 2.45) is 16.7 Å². The van der Waals surface area contributed by atoms with E-state index in [1.54, 1.807) is 0 Å². The Morgan fingerprint density at radius 3 is 2.14 bits per heavy atom. The molecule has 2 aliphatic carbocycles. The van der Waals surface area contributed by atoms with Crippen LogP contribution < -0.4 is 5.32 Å². The van der Waals surface area contributed by atoms with E-state index >= 15 is 0 Å². The molecule has 3 rings (SSSR count). The fraction of sp³-hybridized carbons (Fsp3) is 0.700. The Labute approximate surface area is 130 Å². The molecule has 2 aliphatic rings. The molecule has 0 aromatic heterocycles. The van der Waals surface area contributed by atoms with E-state index in [9.17, 15) is 0 Å². The van der Waals surface area contributed by atoms with Gasteiger partial charge in [0.25, 0.3) is 0 Å². The van der Waals surface area contributed by atoms with E-state index in [4.69, 9.17) is 0 Å². The second-order valence-electron chi connectivity index (χ2n) is 9.32. The highest BCUT2D eigenvalue weighted by Crippen LogP contribution is 2.63. The number of hydrogen-bond donors (Lipinski definition) is 1. The summed E-state index contributed by atoms with van der Waals surface area (Å²) in [4.78, 5) is 0. The highest BCUT2D eigenvalue weighted by atomic mass is 15.0. The molecule has 3 atom stereocenters. The molecule has 1 N–H and O–H groups in total. The predicted octanol–water partition coefficient (Wildman–Crippen LogP) is 5.61. The molecule has 2 saturated carbocycles. The maximum absolute atomic E-state index is 3.88. The van der Waals surface area contributed by atoms with E-state index in [1.807, 2.05) is 0 Å². The summed E-state index contributed by atoms with van der Waals surface area (Å²) in [6, 6.07) is 9.71. The largest absolute Gasteiger partial charge is 0.381 e. The van der Waals surface area contributed by atoms with Crippen LogP contribution in [0.25, 0.3) is 0 Å². The van der Waals surface area contributed by atoms with E-state index in [-0.39, 0.29) is 5.41 Å². The molecule has 3 unspecified atom stereocenters. The van der Waals surface area contributed by atoms with E-state index in [0.29, 0.717) is 16.9 Å². The Hall–Kier alpha value is -0.980. The molecule has 0 amide bonds. The predicted molar refractivity (Wildman–Crippen MR) is 91.8 cm³/mol. The molecule has 0 saturated heterocycles. The highest BCUT2D eigenvalue weighted by Gasteiger charge is 2.59. The average Bonchev–Trinajstić information content (AvgIpc) is 2.85. The third-order valence-electron chi connectivity index (χ3n) is 6.33. The van der Waals surface area contributed by atoms with Crippen molar-refractivity contribution in [3.05, 3.63) is 29.8 Å². The van der Waals surface area contributed by atoms with Crippen molar-refractivity contribution in [1.82, 2.24) is 0 Å². The Kier molecular flexibility index (Phi) is 3.21. The molecule has 21 heavy (non-hydrogen) atoms. The van der Waals surface area contributed by atoms with Gasteiger partial charge in [-0.3, -0.25) is 0 Å². The lowest BCUT2D eigenvalue weighted by Gasteiger charge is -2.43. The van der Waals surface area contributed by atoms with Crippen LogP contribution in [0.3, 0.4) is 0 Å². The van der Waals surface area contributed by atoms with Crippen LogP contribution in [0.1, 0.15) is 66.4 Å². The van der Waals surface area contributed by atoms with Crippen LogP contribution in [0.15, 0.2) is 24.3 Å². The van der Waals surface area contributed by atoms with Gasteiger partial charge in [0.1, 0.15) is 0 Å². The number of hydrogen-bond acceptors (Lipinski definition) is 1. The molecular weight excluding hydrogens is 254 g/mol. The van der Waals surface area contributed by atoms with Crippen molar-refractivity contribution in [1.29, 1.82) is 0 Å². The van der Waals surface area contributed by atoms with Gasteiger partial charge < -0.3 is 5.32 Å². The molecule has 116 valence electrons. The van der Waals surface area contributed by atoms with Gasteiger partial charge >= 0.3 is 0 Å². The Bertz CT molecular complexity index is 515. The lowest BCUT2D eigenvalue weighted by molar-refractivity contribution is 0.155. The standard InChI is InChI=1S/C20H31N/c1-18(2,3)14-7-9-16(10-8-14)21-17-19(4,5)15-11-12-20(17,6)13-15/h7-10,15,17,21H,11-13H2,1-6H3. The van der Waals surface area contributed by atoms with Gasteiger partial charge in [-0.25, -0.2) is 0 Å². The van der Waals surface area contributed by atoms with Crippen molar-refractivity contribution >= 4 is 5.69 Å². The molecule has 2 bridgehead atoms. The molecule has 0 aliphatic heterocycles. The van der Waals surface area contributed by atoms with Crippen molar-refractivity contribution in [3.63, 3.8) is 0 Å². The zero-order valence-corrected chi connectivity index (χ0v) is 14.6. The minimum atomic E-state index is 0.232. The van der Waals surface area contributed by atoms with Gasteiger partial charge in [-0.15, -0.1) is 0 Å². The Morgan fingerprint density at radius 2 is 1.67 bits per heavy atom. The first kappa shape index (κ1) is 14.9. The molecule has 1 aromatic rings. The van der Waals surface area contributed by atoms with Gasteiger partial charge in [-0.05, 0) is 59.1 Å².